The Bertz CT molecular complexity index is 831. The van der Waals surface area contributed by atoms with Crippen molar-refractivity contribution in [3.63, 3.8) is 0 Å². The lowest BCUT2D eigenvalue weighted by molar-refractivity contribution is 0.101. The molecule has 0 saturated carbocycles. The fourth-order valence-corrected chi connectivity index (χ4v) is 2.17. The first kappa shape index (κ1) is 15.2. The Balaban J connectivity index is 1.78. The number of ether oxygens (including phenoxy) is 1. The average Bonchev–Trinajstić information content (AvgIpc) is 3.07. The summed E-state index contributed by atoms with van der Waals surface area (Å²) in [6.45, 7) is 0. The van der Waals surface area contributed by atoms with Crippen molar-refractivity contribution in [1.29, 1.82) is 0 Å². The first-order valence-electron chi connectivity index (χ1n) is 6.70. The van der Waals surface area contributed by atoms with Crippen LogP contribution < -0.4 is 10.1 Å². The van der Waals surface area contributed by atoms with E-state index in [1.807, 2.05) is 18.2 Å². The molecule has 0 fully saturated rings. The molecule has 0 unspecified atom stereocenters. The van der Waals surface area contributed by atoms with Gasteiger partial charge in [-0.2, -0.15) is 0 Å². The molecule has 3 aromatic rings. The molecule has 0 bridgehead atoms. The number of benzene rings is 1. The van der Waals surface area contributed by atoms with Crippen molar-refractivity contribution in [2.75, 3.05) is 12.4 Å². The molecule has 0 atom stereocenters. The van der Waals surface area contributed by atoms with Gasteiger partial charge in [-0.3, -0.25) is 4.79 Å². The number of hydrogen-bond acceptors (Lipinski definition) is 5. The van der Waals surface area contributed by atoms with E-state index in [0.717, 1.165) is 5.56 Å². The number of methoxy groups -OCH3 is 1. The normalized spacial score (nSPS) is 10.3. The minimum Gasteiger partial charge on any atom is -0.497 e. The number of rotatable bonds is 4. The van der Waals surface area contributed by atoms with Crippen LogP contribution in [-0.2, 0) is 0 Å². The summed E-state index contributed by atoms with van der Waals surface area (Å²) in [7, 11) is 1.59. The fourth-order valence-electron chi connectivity index (χ4n) is 1.94. The van der Waals surface area contributed by atoms with Crippen LogP contribution in [0.3, 0.4) is 0 Å². The van der Waals surface area contributed by atoms with Crippen molar-refractivity contribution < 1.29 is 14.1 Å². The van der Waals surface area contributed by atoms with E-state index in [2.05, 4.69) is 31.4 Å². The van der Waals surface area contributed by atoms with Gasteiger partial charge in [-0.05, 0) is 40.2 Å². The summed E-state index contributed by atoms with van der Waals surface area (Å²) in [6.07, 6.45) is 1.55. The number of carbonyl (C=O) groups is 1. The van der Waals surface area contributed by atoms with Gasteiger partial charge in [-0.1, -0.05) is 17.3 Å². The highest BCUT2D eigenvalue weighted by atomic mass is 79.9. The number of nitrogens with one attached hydrogen (secondary N) is 1. The van der Waals surface area contributed by atoms with Crippen LogP contribution in [0.5, 0.6) is 5.75 Å². The number of aromatic nitrogens is 2. The molecule has 6 nitrogen and oxygen atoms in total. The predicted octanol–water partition coefficient (Wildman–Crippen LogP) is 3.76. The Labute approximate surface area is 140 Å². The van der Waals surface area contributed by atoms with Gasteiger partial charge >= 0.3 is 0 Å². The van der Waals surface area contributed by atoms with Crippen LogP contribution in [0.2, 0.25) is 0 Å². The summed E-state index contributed by atoms with van der Waals surface area (Å²) in [5, 5.41) is 6.51. The van der Waals surface area contributed by atoms with E-state index in [1.54, 1.807) is 37.6 Å². The smallest absolute Gasteiger partial charge is 0.277 e. The van der Waals surface area contributed by atoms with Crippen LogP contribution in [0.1, 0.15) is 10.5 Å². The van der Waals surface area contributed by atoms with Crippen molar-refractivity contribution in [2.45, 2.75) is 0 Å². The third-order valence-electron chi connectivity index (χ3n) is 3.08. The summed E-state index contributed by atoms with van der Waals surface area (Å²) < 4.78 is 11.1. The molecule has 0 aliphatic heterocycles. The van der Waals surface area contributed by atoms with Crippen LogP contribution >= 0.6 is 15.9 Å². The molecule has 1 amide bonds. The molecule has 23 heavy (non-hydrogen) atoms. The summed E-state index contributed by atoms with van der Waals surface area (Å²) in [5.41, 5.74) is 1.54. The number of halogens is 1. The SMILES string of the molecule is COc1cccc(-c2cc(C(=O)Nc3ccc(Br)nc3)no2)c1. The van der Waals surface area contributed by atoms with Crippen LogP contribution in [0, 0.1) is 0 Å². The molecule has 0 spiro atoms. The average molecular weight is 374 g/mol. The topological polar surface area (TPSA) is 77.2 Å². The molecule has 2 aromatic heterocycles. The first-order chi connectivity index (χ1) is 11.2. The van der Waals surface area contributed by atoms with E-state index in [1.165, 1.54) is 0 Å². The molecule has 0 aliphatic rings. The molecule has 0 radical (unpaired) electrons. The monoisotopic (exact) mass is 373 g/mol. The first-order valence-corrected chi connectivity index (χ1v) is 7.49. The van der Waals surface area contributed by atoms with Crippen molar-refractivity contribution in [3.05, 3.63) is 59.0 Å². The fraction of sp³-hybridized carbons (Fsp3) is 0.0625. The second-order valence-electron chi connectivity index (χ2n) is 4.63. The summed E-state index contributed by atoms with van der Waals surface area (Å²) in [5.74, 6) is 0.820. The highest BCUT2D eigenvalue weighted by molar-refractivity contribution is 9.10. The number of amides is 1. The van der Waals surface area contributed by atoms with Gasteiger partial charge in [-0.15, -0.1) is 0 Å². The standard InChI is InChI=1S/C16H12BrN3O3/c1-22-12-4-2-3-10(7-12)14-8-13(20-23-14)16(21)19-11-5-6-15(17)18-9-11/h2-9H,1H3,(H,19,21). The maximum absolute atomic E-state index is 12.2. The van der Waals surface area contributed by atoms with Gasteiger partial charge in [0.2, 0.25) is 0 Å². The van der Waals surface area contributed by atoms with Crippen LogP contribution in [0.4, 0.5) is 5.69 Å². The van der Waals surface area contributed by atoms with Crippen molar-refractivity contribution in [3.8, 4) is 17.1 Å². The second kappa shape index (κ2) is 6.62. The Morgan fingerprint density at radius 3 is 2.87 bits per heavy atom. The zero-order chi connectivity index (χ0) is 16.2. The third-order valence-corrected chi connectivity index (χ3v) is 3.55. The summed E-state index contributed by atoms with van der Waals surface area (Å²) >= 11 is 3.24. The highest BCUT2D eigenvalue weighted by Crippen LogP contribution is 2.24. The number of pyridine rings is 1. The molecule has 0 aliphatic carbocycles. The van der Waals surface area contributed by atoms with Gasteiger partial charge < -0.3 is 14.6 Å². The van der Waals surface area contributed by atoms with Gasteiger partial charge in [0, 0.05) is 11.6 Å². The molecular formula is C16H12BrN3O3. The minimum atomic E-state index is -0.369. The van der Waals surface area contributed by atoms with E-state index in [9.17, 15) is 4.79 Å². The highest BCUT2D eigenvalue weighted by Gasteiger charge is 2.14. The third kappa shape index (κ3) is 3.57. The maximum atomic E-state index is 12.2. The molecule has 3 rings (SSSR count). The van der Waals surface area contributed by atoms with Crippen LogP contribution in [0.15, 0.2) is 57.8 Å². The molecule has 116 valence electrons. The largest absolute Gasteiger partial charge is 0.497 e. The number of nitrogens with zero attached hydrogens (tertiary/aromatic N) is 2. The minimum absolute atomic E-state index is 0.186. The Morgan fingerprint density at radius 1 is 1.26 bits per heavy atom. The molecule has 1 N–H and O–H groups in total. The van der Waals surface area contributed by atoms with E-state index in [0.29, 0.717) is 21.8 Å². The zero-order valence-electron chi connectivity index (χ0n) is 12.1. The maximum Gasteiger partial charge on any atom is 0.277 e. The van der Waals surface area contributed by atoms with Crippen molar-refractivity contribution in [1.82, 2.24) is 10.1 Å². The number of hydrogen-bond donors (Lipinski definition) is 1. The van der Waals surface area contributed by atoms with Gasteiger partial charge in [0.15, 0.2) is 11.5 Å². The van der Waals surface area contributed by atoms with Crippen molar-refractivity contribution in [2.24, 2.45) is 0 Å². The molecule has 2 heterocycles. The Hall–Kier alpha value is -2.67. The molecule has 0 saturated heterocycles. The van der Waals surface area contributed by atoms with Crippen molar-refractivity contribution >= 4 is 27.5 Å². The summed E-state index contributed by atoms with van der Waals surface area (Å²) in [6, 6.07) is 12.4. The second-order valence-corrected chi connectivity index (χ2v) is 5.44. The lowest BCUT2D eigenvalue weighted by Crippen LogP contribution is -2.12. The quantitative estimate of drug-likeness (QED) is 0.704. The zero-order valence-corrected chi connectivity index (χ0v) is 13.7. The van der Waals surface area contributed by atoms with E-state index >= 15 is 0 Å². The van der Waals surface area contributed by atoms with Gasteiger partial charge in [-0.25, -0.2) is 4.98 Å². The van der Waals surface area contributed by atoms with Gasteiger partial charge in [0.1, 0.15) is 10.4 Å². The molecule has 7 heteroatoms. The Kier molecular flexibility index (Phi) is 4.38. The Morgan fingerprint density at radius 2 is 2.13 bits per heavy atom. The van der Waals surface area contributed by atoms with Crippen LogP contribution in [0.25, 0.3) is 11.3 Å². The number of anilines is 1. The lowest BCUT2D eigenvalue weighted by Gasteiger charge is -2.01. The molecular weight excluding hydrogens is 362 g/mol. The lowest BCUT2D eigenvalue weighted by atomic mass is 10.1. The van der Waals surface area contributed by atoms with Gasteiger partial charge in [0.05, 0.1) is 19.0 Å². The van der Waals surface area contributed by atoms with Crippen LogP contribution in [-0.4, -0.2) is 23.2 Å². The van der Waals surface area contributed by atoms with Gasteiger partial charge in [0.25, 0.3) is 5.91 Å². The summed E-state index contributed by atoms with van der Waals surface area (Å²) in [4.78, 5) is 16.2. The predicted molar refractivity (Wildman–Crippen MR) is 88.4 cm³/mol. The number of carbonyl (C=O) groups excluding carboxylic acids is 1. The van der Waals surface area contributed by atoms with E-state index in [-0.39, 0.29) is 11.6 Å². The molecule has 1 aromatic carbocycles. The van der Waals surface area contributed by atoms with E-state index in [4.69, 9.17) is 9.26 Å². The van der Waals surface area contributed by atoms with E-state index < -0.39 is 0 Å².